The Labute approximate surface area is 208 Å². The van der Waals surface area contributed by atoms with Crippen molar-refractivity contribution < 1.29 is 19.1 Å². The molecule has 194 valence electrons. The molecule has 5 rings (SSSR count). The lowest BCUT2D eigenvalue weighted by molar-refractivity contribution is -0.166. The van der Waals surface area contributed by atoms with Gasteiger partial charge in [-0.1, -0.05) is 6.92 Å². The molecule has 4 aliphatic rings. The molecule has 4 fully saturated rings. The summed E-state index contributed by atoms with van der Waals surface area (Å²) in [7, 11) is 1.76. The summed E-state index contributed by atoms with van der Waals surface area (Å²) in [5.74, 6) is 0.844. The molecule has 1 aromatic rings. The summed E-state index contributed by atoms with van der Waals surface area (Å²) in [5, 5.41) is 14.9. The van der Waals surface area contributed by atoms with Gasteiger partial charge in [0.15, 0.2) is 5.78 Å². The Morgan fingerprint density at radius 3 is 2.66 bits per heavy atom. The van der Waals surface area contributed by atoms with Gasteiger partial charge in [-0.15, -0.1) is 0 Å². The van der Waals surface area contributed by atoms with E-state index in [1.165, 1.54) is 0 Å². The van der Waals surface area contributed by atoms with E-state index in [-0.39, 0.29) is 41.4 Å². The van der Waals surface area contributed by atoms with E-state index >= 15 is 4.39 Å². The van der Waals surface area contributed by atoms with Crippen LogP contribution in [0.3, 0.4) is 0 Å². The van der Waals surface area contributed by atoms with Crippen LogP contribution in [0.5, 0.6) is 0 Å². The van der Waals surface area contributed by atoms with E-state index in [0.717, 1.165) is 38.5 Å². The van der Waals surface area contributed by atoms with Crippen molar-refractivity contribution in [1.29, 1.82) is 0 Å². The van der Waals surface area contributed by atoms with Gasteiger partial charge in [0, 0.05) is 25.7 Å². The molecule has 1 aromatic heterocycles. The predicted molar refractivity (Wildman–Crippen MR) is 131 cm³/mol. The first kappa shape index (κ1) is 24.9. The van der Waals surface area contributed by atoms with E-state index in [0.29, 0.717) is 43.2 Å². The van der Waals surface area contributed by atoms with E-state index in [9.17, 15) is 14.7 Å². The fourth-order valence-electron chi connectivity index (χ4n) is 8.70. The van der Waals surface area contributed by atoms with Crippen LogP contribution in [-0.4, -0.2) is 56.3 Å². The maximum atomic E-state index is 16.6. The summed E-state index contributed by atoms with van der Waals surface area (Å²) in [6.45, 7) is 6.87. The van der Waals surface area contributed by atoms with Crippen molar-refractivity contribution in [3.05, 3.63) is 18.0 Å². The summed E-state index contributed by atoms with van der Waals surface area (Å²) < 4.78 is 18.2. The molecule has 8 atom stereocenters. The van der Waals surface area contributed by atoms with Crippen molar-refractivity contribution in [3.63, 3.8) is 0 Å². The highest BCUT2D eigenvalue weighted by atomic mass is 19.1. The molecule has 35 heavy (non-hydrogen) atoms. The number of halogens is 1. The van der Waals surface area contributed by atoms with Crippen molar-refractivity contribution in [1.82, 2.24) is 14.7 Å². The van der Waals surface area contributed by atoms with Gasteiger partial charge in [0.25, 0.3) is 5.91 Å². The monoisotopic (exact) mass is 487 g/mol. The highest BCUT2D eigenvalue weighted by Crippen LogP contribution is 2.66. The number of amides is 1. The van der Waals surface area contributed by atoms with Gasteiger partial charge in [-0.05, 0) is 101 Å². The second-order valence-corrected chi connectivity index (χ2v) is 12.7. The van der Waals surface area contributed by atoms with E-state index in [1.807, 2.05) is 13.8 Å². The summed E-state index contributed by atoms with van der Waals surface area (Å²) in [5.41, 5.74) is -1.47. The number of fused-ring (bicyclic) bond motifs is 5. The molecule has 4 saturated carbocycles. The molecule has 4 aliphatic carbocycles. The molecule has 6 nitrogen and oxygen atoms in total. The molecule has 7 heteroatoms. The molecular weight excluding hydrogens is 445 g/mol. The topological polar surface area (TPSA) is 75.4 Å². The lowest BCUT2D eigenvalue weighted by Crippen LogP contribution is -2.58. The molecule has 0 aliphatic heterocycles. The average Bonchev–Trinajstić information content (AvgIpc) is 3.42. The van der Waals surface area contributed by atoms with Crippen LogP contribution in [0, 0.1) is 35.0 Å². The van der Waals surface area contributed by atoms with E-state index in [2.05, 4.69) is 12.0 Å². The van der Waals surface area contributed by atoms with Gasteiger partial charge in [-0.2, -0.15) is 5.10 Å². The first-order valence-corrected chi connectivity index (χ1v) is 13.7. The molecule has 0 bridgehead atoms. The number of hydrogen-bond acceptors (Lipinski definition) is 4. The van der Waals surface area contributed by atoms with Crippen LogP contribution in [0.15, 0.2) is 12.4 Å². The number of rotatable bonds is 5. The Morgan fingerprint density at radius 1 is 1.14 bits per heavy atom. The van der Waals surface area contributed by atoms with E-state index < -0.39 is 11.3 Å². The molecule has 0 aromatic carbocycles. The number of nitrogens with zero attached hydrogens (tertiary/aromatic N) is 3. The van der Waals surface area contributed by atoms with Gasteiger partial charge in [0.05, 0.1) is 23.9 Å². The molecule has 0 saturated heterocycles. The molecule has 1 amide bonds. The van der Waals surface area contributed by atoms with E-state index in [4.69, 9.17) is 0 Å². The number of alkyl halides is 1. The van der Waals surface area contributed by atoms with Crippen LogP contribution in [0.1, 0.15) is 88.9 Å². The van der Waals surface area contributed by atoms with Gasteiger partial charge in [-0.25, -0.2) is 4.39 Å². The van der Waals surface area contributed by atoms with Crippen LogP contribution >= 0.6 is 0 Å². The van der Waals surface area contributed by atoms with Crippen molar-refractivity contribution in [2.24, 2.45) is 35.0 Å². The van der Waals surface area contributed by atoms with Crippen LogP contribution in [0.4, 0.5) is 4.39 Å². The number of aromatic nitrogens is 2. The maximum Gasteiger partial charge on any atom is 0.256 e. The quantitative estimate of drug-likeness (QED) is 0.656. The third kappa shape index (κ3) is 4.06. The minimum Gasteiger partial charge on any atom is -0.390 e. The minimum atomic E-state index is -1.15. The average molecular weight is 488 g/mol. The summed E-state index contributed by atoms with van der Waals surface area (Å²) in [6.07, 6.45) is 10.3. The zero-order valence-electron chi connectivity index (χ0n) is 21.8. The fraction of sp³-hybridized carbons (Fsp3) is 0.821. The maximum absolute atomic E-state index is 16.6. The Hall–Kier alpha value is -1.76. The zero-order chi connectivity index (χ0) is 25.2. The van der Waals surface area contributed by atoms with Gasteiger partial charge < -0.3 is 10.0 Å². The van der Waals surface area contributed by atoms with Gasteiger partial charge >= 0.3 is 0 Å². The molecular formula is C28H42FN3O3. The number of carbonyl (C=O) groups excluding carboxylic acids is 2. The zero-order valence-corrected chi connectivity index (χ0v) is 21.8. The Bertz CT molecular complexity index is 992. The Morgan fingerprint density at radius 2 is 1.91 bits per heavy atom. The third-order valence-corrected chi connectivity index (χ3v) is 10.7. The first-order valence-electron chi connectivity index (χ1n) is 13.7. The largest absolute Gasteiger partial charge is 0.390 e. The van der Waals surface area contributed by atoms with Crippen molar-refractivity contribution >= 4 is 11.7 Å². The normalized spacial score (nSPS) is 42.6. The number of aliphatic hydroxyl groups is 1. The lowest BCUT2D eigenvalue weighted by atomic mass is 9.48. The van der Waals surface area contributed by atoms with Gasteiger partial charge in [0.2, 0.25) is 0 Å². The Kier molecular flexibility index (Phi) is 6.17. The summed E-state index contributed by atoms with van der Waals surface area (Å²) in [6, 6.07) is 0. The third-order valence-electron chi connectivity index (χ3n) is 10.7. The number of Topliss-reactive ketones (excluding diaryl/α,β-unsaturated/α-hetero) is 1. The van der Waals surface area contributed by atoms with Crippen LogP contribution in [0.25, 0.3) is 0 Å². The standard InChI is InChI=1S/C28H42FN3O3/c1-5-31(4)25(34)18-15-30-32(16-18)17-24(33)23-9-8-21-20-7-6-19-14-26(2,35)12-13-28(19,29)22(20)10-11-27(21,23)3/h15-16,19-23,35H,5-14,17H2,1-4H3/t19-,20+,21+,22+,23-,26-,27+,28-/m1/s1. The highest BCUT2D eigenvalue weighted by Gasteiger charge is 2.63. The first-order chi connectivity index (χ1) is 16.5. The van der Waals surface area contributed by atoms with Crippen molar-refractivity contribution in [2.45, 2.75) is 96.4 Å². The predicted octanol–water partition coefficient (Wildman–Crippen LogP) is 4.66. The molecule has 0 spiro atoms. The second kappa shape index (κ2) is 8.67. The van der Waals surface area contributed by atoms with Gasteiger partial charge in [0.1, 0.15) is 5.67 Å². The molecule has 0 unspecified atom stereocenters. The molecule has 0 radical (unpaired) electrons. The van der Waals surface area contributed by atoms with Crippen LogP contribution in [-0.2, 0) is 11.3 Å². The van der Waals surface area contributed by atoms with Crippen LogP contribution in [0.2, 0.25) is 0 Å². The number of ketones is 1. The van der Waals surface area contributed by atoms with E-state index in [1.54, 1.807) is 29.0 Å². The number of hydrogen-bond donors (Lipinski definition) is 1. The van der Waals surface area contributed by atoms with Gasteiger partial charge in [-0.3, -0.25) is 14.3 Å². The minimum absolute atomic E-state index is 0.0286. The summed E-state index contributed by atoms with van der Waals surface area (Å²) in [4.78, 5) is 27.5. The summed E-state index contributed by atoms with van der Waals surface area (Å²) >= 11 is 0. The highest BCUT2D eigenvalue weighted by molar-refractivity contribution is 5.93. The molecule has 1 heterocycles. The lowest BCUT2D eigenvalue weighted by Gasteiger charge is -2.59. The van der Waals surface area contributed by atoms with Crippen molar-refractivity contribution in [2.75, 3.05) is 13.6 Å². The van der Waals surface area contributed by atoms with Crippen molar-refractivity contribution in [3.8, 4) is 0 Å². The smallest absolute Gasteiger partial charge is 0.256 e. The second-order valence-electron chi connectivity index (χ2n) is 12.7. The number of carbonyl (C=O) groups is 2. The molecule has 1 N–H and O–H groups in total. The fourth-order valence-corrected chi connectivity index (χ4v) is 8.70. The SMILES string of the molecule is CCN(C)C(=O)c1cnn(CC(=O)[C@H]2CC[C@H]3[C@@H]4CC[C@@H]5C[C@](C)(O)CC[C@]5(F)[C@H]4CC[C@]23C)c1. The van der Waals surface area contributed by atoms with Crippen LogP contribution < -0.4 is 0 Å². The Balaban J connectivity index is 1.29.